The number of rotatable bonds is 3. The predicted molar refractivity (Wildman–Crippen MR) is 120 cm³/mol. The Bertz CT molecular complexity index is 1070. The molecule has 3 aliphatic rings. The van der Waals surface area contributed by atoms with Crippen LogP contribution in [0.3, 0.4) is 0 Å². The van der Waals surface area contributed by atoms with Crippen LogP contribution in [-0.4, -0.2) is 35.3 Å². The Labute approximate surface area is 186 Å². The number of amides is 3. The SMILES string of the molecule is O=C1CCC(N2Cc3cc(NC4NCNc5cccc(I)c54)ccc3C2=O)C(=O)N1. The first-order valence-corrected chi connectivity index (χ1v) is 10.9. The molecule has 30 heavy (non-hydrogen) atoms. The minimum atomic E-state index is -0.599. The summed E-state index contributed by atoms with van der Waals surface area (Å²) < 4.78 is 1.16. The Morgan fingerprint density at radius 3 is 2.83 bits per heavy atom. The monoisotopic (exact) mass is 517 g/mol. The molecule has 1 saturated heterocycles. The van der Waals surface area contributed by atoms with E-state index in [2.05, 4.69) is 56.0 Å². The predicted octanol–water partition coefficient (Wildman–Crippen LogP) is 2.14. The first kappa shape index (κ1) is 19.3. The molecule has 0 aliphatic carbocycles. The lowest BCUT2D eigenvalue weighted by Crippen LogP contribution is -2.52. The lowest BCUT2D eigenvalue weighted by Gasteiger charge is -2.30. The lowest BCUT2D eigenvalue weighted by molar-refractivity contribution is -0.136. The fourth-order valence-corrected chi connectivity index (χ4v) is 5.10. The van der Waals surface area contributed by atoms with E-state index in [0.29, 0.717) is 25.2 Å². The summed E-state index contributed by atoms with van der Waals surface area (Å²) in [6.45, 7) is 1.02. The molecule has 1 fully saturated rings. The van der Waals surface area contributed by atoms with Crippen molar-refractivity contribution < 1.29 is 14.4 Å². The van der Waals surface area contributed by atoms with E-state index in [1.54, 1.807) is 4.90 Å². The minimum absolute atomic E-state index is 0.0595. The molecule has 2 unspecified atom stereocenters. The normalized spacial score (nSPS) is 22.8. The molecule has 154 valence electrons. The molecule has 5 rings (SSSR count). The van der Waals surface area contributed by atoms with Crippen LogP contribution in [0.2, 0.25) is 0 Å². The van der Waals surface area contributed by atoms with Crippen LogP contribution < -0.4 is 21.3 Å². The summed E-state index contributed by atoms with van der Waals surface area (Å²) in [7, 11) is 0. The topological polar surface area (TPSA) is 103 Å². The fraction of sp³-hybridized carbons (Fsp3) is 0.286. The van der Waals surface area contributed by atoms with Crippen LogP contribution in [-0.2, 0) is 16.1 Å². The zero-order valence-corrected chi connectivity index (χ0v) is 18.2. The largest absolute Gasteiger partial charge is 0.372 e. The molecule has 0 bridgehead atoms. The number of carbonyl (C=O) groups is 3. The third kappa shape index (κ3) is 3.31. The van der Waals surface area contributed by atoms with Gasteiger partial charge in [0.05, 0.1) is 6.67 Å². The van der Waals surface area contributed by atoms with E-state index >= 15 is 0 Å². The number of hydrogen-bond donors (Lipinski definition) is 4. The number of nitrogens with one attached hydrogen (secondary N) is 4. The second-order valence-corrected chi connectivity index (χ2v) is 8.77. The van der Waals surface area contributed by atoms with Crippen molar-refractivity contribution in [3.63, 3.8) is 0 Å². The average Bonchev–Trinajstić information content (AvgIpc) is 3.04. The number of benzene rings is 2. The first-order valence-electron chi connectivity index (χ1n) is 9.81. The van der Waals surface area contributed by atoms with Crippen LogP contribution in [0.15, 0.2) is 36.4 Å². The van der Waals surface area contributed by atoms with Gasteiger partial charge in [0, 0.05) is 39.0 Å². The van der Waals surface area contributed by atoms with Crippen molar-refractivity contribution in [1.29, 1.82) is 0 Å². The Morgan fingerprint density at radius 1 is 1.13 bits per heavy atom. The maximum Gasteiger partial charge on any atom is 0.255 e. The maximum atomic E-state index is 12.9. The standard InChI is InChI=1S/C21H20IN5O3/c22-14-2-1-3-15-18(14)19(24-10-23-15)25-12-4-5-13-11(8-12)9-27(21(13)30)16-6-7-17(28)26-20(16)29/h1-5,8,16,19,23-25H,6-7,9-10H2,(H,26,28,29). The Balaban J connectivity index is 1.37. The average molecular weight is 517 g/mol. The molecule has 0 radical (unpaired) electrons. The van der Waals surface area contributed by atoms with E-state index in [1.807, 2.05) is 24.3 Å². The summed E-state index contributed by atoms with van der Waals surface area (Å²) in [5.74, 6) is -0.835. The van der Waals surface area contributed by atoms with Crippen LogP contribution in [0.25, 0.3) is 0 Å². The highest BCUT2D eigenvalue weighted by Gasteiger charge is 2.39. The van der Waals surface area contributed by atoms with Gasteiger partial charge in [0.25, 0.3) is 5.91 Å². The number of carbonyl (C=O) groups excluding carboxylic acids is 3. The fourth-order valence-electron chi connectivity index (χ4n) is 4.29. The second-order valence-electron chi connectivity index (χ2n) is 7.61. The van der Waals surface area contributed by atoms with Gasteiger partial charge in [-0.15, -0.1) is 0 Å². The summed E-state index contributed by atoms with van der Waals surface area (Å²) in [6.07, 6.45) is 0.558. The molecule has 3 aliphatic heterocycles. The zero-order valence-electron chi connectivity index (χ0n) is 16.0. The molecule has 3 heterocycles. The van der Waals surface area contributed by atoms with Crippen LogP contribution in [0, 0.1) is 3.57 Å². The van der Waals surface area contributed by atoms with Crippen molar-refractivity contribution in [1.82, 2.24) is 15.5 Å². The van der Waals surface area contributed by atoms with Gasteiger partial charge in [-0.1, -0.05) is 6.07 Å². The van der Waals surface area contributed by atoms with Gasteiger partial charge in [0.15, 0.2) is 0 Å². The van der Waals surface area contributed by atoms with E-state index in [4.69, 9.17) is 0 Å². The van der Waals surface area contributed by atoms with Crippen molar-refractivity contribution in [2.75, 3.05) is 17.3 Å². The number of nitrogens with zero attached hydrogens (tertiary/aromatic N) is 1. The summed E-state index contributed by atoms with van der Waals surface area (Å²) in [5.41, 5.74) is 4.64. The number of hydrogen-bond acceptors (Lipinski definition) is 6. The molecule has 9 heteroatoms. The molecular weight excluding hydrogens is 497 g/mol. The Hall–Kier alpha value is -2.66. The molecule has 2 atom stereocenters. The summed E-state index contributed by atoms with van der Waals surface area (Å²) >= 11 is 2.33. The van der Waals surface area contributed by atoms with Crippen LogP contribution in [0.4, 0.5) is 11.4 Å². The number of imide groups is 1. The Kier molecular flexibility index (Phi) is 4.86. The van der Waals surface area contributed by atoms with Gasteiger partial charge in [-0.25, -0.2) is 0 Å². The van der Waals surface area contributed by atoms with Crippen molar-refractivity contribution in [2.45, 2.75) is 31.6 Å². The van der Waals surface area contributed by atoms with Crippen molar-refractivity contribution in [3.8, 4) is 0 Å². The molecule has 2 aromatic rings. The molecule has 2 aromatic carbocycles. The van der Waals surface area contributed by atoms with Crippen LogP contribution >= 0.6 is 22.6 Å². The van der Waals surface area contributed by atoms with E-state index in [9.17, 15) is 14.4 Å². The second kappa shape index (κ2) is 7.55. The Morgan fingerprint density at radius 2 is 2.00 bits per heavy atom. The van der Waals surface area contributed by atoms with E-state index in [0.717, 1.165) is 26.1 Å². The summed E-state index contributed by atoms with van der Waals surface area (Å²) in [4.78, 5) is 38.1. The first-order chi connectivity index (χ1) is 14.5. The number of fused-ring (bicyclic) bond motifs is 2. The van der Waals surface area contributed by atoms with E-state index < -0.39 is 11.9 Å². The van der Waals surface area contributed by atoms with E-state index in [-0.39, 0.29) is 24.4 Å². The molecule has 3 amide bonds. The van der Waals surface area contributed by atoms with Crippen molar-refractivity contribution >= 4 is 51.7 Å². The molecule has 4 N–H and O–H groups in total. The van der Waals surface area contributed by atoms with Gasteiger partial charge in [0.1, 0.15) is 12.2 Å². The molecule has 8 nitrogen and oxygen atoms in total. The van der Waals surface area contributed by atoms with Gasteiger partial charge in [-0.05, 0) is 64.9 Å². The smallest absolute Gasteiger partial charge is 0.255 e. The molecular formula is C21H20IN5O3. The van der Waals surface area contributed by atoms with Gasteiger partial charge < -0.3 is 15.5 Å². The van der Waals surface area contributed by atoms with Gasteiger partial charge >= 0.3 is 0 Å². The van der Waals surface area contributed by atoms with Gasteiger partial charge in [-0.3, -0.25) is 25.0 Å². The highest BCUT2D eigenvalue weighted by Crippen LogP contribution is 2.33. The molecule has 0 aromatic heterocycles. The maximum absolute atomic E-state index is 12.9. The minimum Gasteiger partial charge on any atom is -0.372 e. The third-order valence-corrected chi connectivity index (χ3v) is 6.70. The third-order valence-electron chi connectivity index (χ3n) is 5.76. The molecule has 0 saturated carbocycles. The number of anilines is 2. The van der Waals surface area contributed by atoms with Crippen LogP contribution in [0.1, 0.15) is 40.5 Å². The zero-order chi connectivity index (χ0) is 20.8. The van der Waals surface area contributed by atoms with Crippen molar-refractivity contribution in [3.05, 3.63) is 56.7 Å². The van der Waals surface area contributed by atoms with Gasteiger partial charge in [-0.2, -0.15) is 0 Å². The highest BCUT2D eigenvalue weighted by molar-refractivity contribution is 14.1. The summed E-state index contributed by atoms with van der Waals surface area (Å²) in [6, 6.07) is 11.2. The van der Waals surface area contributed by atoms with Gasteiger partial charge in [0.2, 0.25) is 11.8 Å². The van der Waals surface area contributed by atoms with Crippen LogP contribution in [0.5, 0.6) is 0 Å². The summed E-state index contributed by atoms with van der Waals surface area (Å²) in [5, 5.41) is 12.6. The number of piperidine rings is 1. The quantitative estimate of drug-likeness (QED) is 0.368. The lowest BCUT2D eigenvalue weighted by atomic mass is 10.0. The number of halogens is 1. The van der Waals surface area contributed by atoms with Crippen molar-refractivity contribution in [2.24, 2.45) is 0 Å². The van der Waals surface area contributed by atoms with E-state index in [1.165, 1.54) is 0 Å². The molecule has 0 spiro atoms. The highest BCUT2D eigenvalue weighted by atomic mass is 127.